The van der Waals surface area contributed by atoms with Crippen LogP contribution in [0.5, 0.6) is 0 Å². The first kappa shape index (κ1) is 19.1. The summed E-state index contributed by atoms with van der Waals surface area (Å²) in [6.45, 7) is 0. The van der Waals surface area contributed by atoms with Crippen LogP contribution >= 0.6 is 11.6 Å². The van der Waals surface area contributed by atoms with Crippen molar-refractivity contribution in [1.82, 2.24) is 14.8 Å². The molecule has 0 saturated heterocycles. The van der Waals surface area contributed by atoms with Crippen LogP contribution in [0.1, 0.15) is 16.1 Å². The van der Waals surface area contributed by atoms with Gasteiger partial charge in [0, 0.05) is 17.6 Å². The molecular weight excluding hydrogens is 407 g/mol. The molecule has 0 aliphatic heterocycles. The van der Waals surface area contributed by atoms with E-state index in [0.717, 1.165) is 18.2 Å². The van der Waals surface area contributed by atoms with Crippen molar-refractivity contribution < 1.29 is 35.5 Å². The van der Waals surface area contributed by atoms with Gasteiger partial charge in [-0.05, 0) is 18.2 Å². The molecule has 0 amide bonds. The summed E-state index contributed by atoms with van der Waals surface area (Å²) in [6.07, 6.45) is -9.64. The molecule has 0 saturated carbocycles. The second kappa shape index (κ2) is 6.19. The van der Waals surface area contributed by atoms with Crippen molar-refractivity contribution in [2.75, 3.05) is 0 Å². The standard InChI is InChI=1S/C15H5ClF7N3O/c16-9-3-6(14(18,19)20)5-24-13(9)26-10-4-7(17)1-2-8(10)11(25-26)12(27)15(21,22)23/h1-5H. The van der Waals surface area contributed by atoms with Crippen LogP contribution in [0, 0.1) is 5.82 Å². The number of alkyl halides is 6. The van der Waals surface area contributed by atoms with Crippen molar-refractivity contribution >= 4 is 28.3 Å². The van der Waals surface area contributed by atoms with E-state index in [1.807, 2.05) is 0 Å². The largest absolute Gasteiger partial charge is 0.456 e. The molecule has 0 aliphatic carbocycles. The molecule has 142 valence electrons. The molecular formula is C15H5ClF7N3O. The Balaban J connectivity index is 2.27. The second-order valence-corrected chi connectivity index (χ2v) is 5.68. The number of rotatable bonds is 2. The van der Waals surface area contributed by atoms with E-state index in [1.54, 1.807) is 0 Å². The number of benzene rings is 1. The van der Waals surface area contributed by atoms with Gasteiger partial charge in [-0.2, -0.15) is 31.4 Å². The first-order valence-electron chi connectivity index (χ1n) is 6.92. The Kier molecular flexibility index (Phi) is 4.37. The van der Waals surface area contributed by atoms with Crippen molar-refractivity contribution in [3.8, 4) is 5.82 Å². The van der Waals surface area contributed by atoms with E-state index < -0.39 is 46.1 Å². The molecule has 1 aromatic carbocycles. The lowest BCUT2D eigenvalue weighted by Crippen LogP contribution is -2.23. The maximum atomic E-state index is 13.5. The van der Waals surface area contributed by atoms with Gasteiger partial charge < -0.3 is 0 Å². The van der Waals surface area contributed by atoms with Gasteiger partial charge in [-0.15, -0.1) is 0 Å². The number of pyridine rings is 1. The average Bonchev–Trinajstić information content (AvgIpc) is 2.90. The third-order valence-electron chi connectivity index (χ3n) is 3.47. The van der Waals surface area contributed by atoms with Crippen LogP contribution in [-0.2, 0) is 6.18 Å². The van der Waals surface area contributed by atoms with Gasteiger partial charge in [0.25, 0.3) is 5.78 Å². The summed E-state index contributed by atoms with van der Waals surface area (Å²) >= 11 is 5.76. The molecule has 0 atom stereocenters. The van der Waals surface area contributed by atoms with E-state index >= 15 is 0 Å². The summed E-state index contributed by atoms with van der Waals surface area (Å²) in [5, 5.41) is 2.50. The molecule has 0 radical (unpaired) electrons. The van der Waals surface area contributed by atoms with Crippen LogP contribution in [0.3, 0.4) is 0 Å². The summed E-state index contributed by atoms with van der Waals surface area (Å²) < 4.78 is 90.6. The number of fused-ring (bicyclic) bond motifs is 1. The molecule has 12 heteroatoms. The van der Waals surface area contributed by atoms with E-state index in [9.17, 15) is 35.5 Å². The number of carbonyl (C=O) groups excluding carboxylic acids is 1. The summed E-state index contributed by atoms with van der Waals surface area (Å²) in [4.78, 5) is 15.0. The Labute approximate surface area is 150 Å². The van der Waals surface area contributed by atoms with Crippen LogP contribution in [0.2, 0.25) is 5.02 Å². The summed E-state index contributed by atoms with van der Waals surface area (Å²) in [5.41, 5.74) is -2.59. The Bertz CT molecular complexity index is 1060. The monoisotopic (exact) mass is 411 g/mol. The van der Waals surface area contributed by atoms with Crippen LogP contribution in [0.25, 0.3) is 16.7 Å². The van der Waals surface area contributed by atoms with Crippen molar-refractivity contribution in [2.45, 2.75) is 12.4 Å². The highest BCUT2D eigenvalue weighted by atomic mass is 35.5. The minimum atomic E-state index is -5.27. The van der Waals surface area contributed by atoms with Gasteiger partial charge in [-0.25, -0.2) is 14.1 Å². The highest BCUT2D eigenvalue weighted by molar-refractivity contribution is 6.32. The summed E-state index contributed by atoms with van der Waals surface area (Å²) in [7, 11) is 0. The van der Waals surface area contributed by atoms with Crippen molar-refractivity contribution in [1.29, 1.82) is 0 Å². The Hall–Kier alpha value is -2.69. The zero-order valence-electron chi connectivity index (χ0n) is 12.7. The van der Waals surface area contributed by atoms with E-state index in [4.69, 9.17) is 11.6 Å². The first-order valence-corrected chi connectivity index (χ1v) is 7.30. The van der Waals surface area contributed by atoms with Gasteiger partial charge in [0.05, 0.1) is 16.1 Å². The highest BCUT2D eigenvalue weighted by Crippen LogP contribution is 2.34. The van der Waals surface area contributed by atoms with Crippen LogP contribution < -0.4 is 0 Å². The molecule has 0 fully saturated rings. The van der Waals surface area contributed by atoms with Crippen LogP contribution in [-0.4, -0.2) is 26.7 Å². The summed E-state index contributed by atoms with van der Waals surface area (Å²) in [6, 6.07) is 2.95. The molecule has 3 aromatic rings. The van der Waals surface area contributed by atoms with E-state index in [2.05, 4.69) is 10.1 Å². The quantitative estimate of drug-likeness (QED) is 0.441. The molecule has 0 spiro atoms. The third kappa shape index (κ3) is 3.46. The number of ketones is 1. The van der Waals surface area contributed by atoms with Gasteiger partial charge >= 0.3 is 12.4 Å². The predicted octanol–water partition coefficient (Wildman–Crippen LogP) is 4.98. The molecule has 0 N–H and O–H groups in total. The SMILES string of the molecule is O=C(c1nn(-c2ncc(C(F)(F)F)cc2Cl)c2cc(F)ccc12)C(F)(F)F. The Morgan fingerprint density at radius 3 is 2.30 bits per heavy atom. The molecule has 0 bridgehead atoms. The first-order chi connectivity index (χ1) is 12.4. The van der Waals surface area contributed by atoms with E-state index in [0.29, 0.717) is 16.9 Å². The smallest absolute Gasteiger partial charge is 0.282 e. The summed E-state index contributed by atoms with van der Waals surface area (Å²) in [5.74, 6) is -3.68. The Morgan fingerprint density at radius 2 is 1.74 bits per heavy atom. The molecule has 0 aliphatic rings. The molecule has 0 unspecified atom stereocenters. The van der Waals surface area contributed by atoms with Gasteiger partial charge in [0.15, 0.2) is 5.82 Å². The maximum Gasteiger partial charge on any atom is 0.456 e. The lowest BCUT2D eigenvalue weighted by Gasteiger charge is -2.09. The van der Waals surface area contributed by atoms with Crippen molar-refractivity contribution in [2.24, 2.45) is 0 Å². The minimum Gasteiger partial charge on any atom is -0.282 e. The Morgan fingerprint density at radius 1 is 1.07 bits per heavy atom. The predicted molar refractivity (Wildman–Crippen MR) is 79.2 cm³/mol. The third-order valence-corrected chi connectivity index (χ3v) is 3.74. The maximum absolute atomic E-state index is 13.5. The number of Topliss-reactive ketones (excluding diaryl/α,β-unsaturated/α-hetero) is 1. The fourth-order valence-corrected chi connectivity index (χ4v) is 2.54. The van der Waals surface area contributed by atoms with Crippen molar-refractivity contribution in [3.63, 3.8) is 0 Å². The molecule has 3 rings (SSSR count). The van der Waals surface area contributed by atoms with Crippen LogP contribution in [0.15, 0.2) is 30.5 Å². The fourth-order valence-electron chi connectivity index (χ4n) is 2.29. The highest BCUT2D eigenvalue weighted by Gasteiger charge is 2.42. The average molecular weight is 412 g/mol. The number of hydrogen-bond donors (Lipinski definition) is 0. The van der Waals surface area contributed by atoms with E-state index in [1.165, 1.54) is 0 Å². The zero-order chi connectivity index (χ0) is 20.1. The number of hydrogen-bond acceptors (Lipinski definition) is 3. The van der Waals surface area contributed by atoms with Gasteiger partial charge in [0.1, 0.15) is 11.5 Å². The molecule has 4 nitrogen and oxygen atoms in total. The number of aromatic nitrogens is 3. The molecule has 27 heavy (non-hydrogen) atoms. The topological polar surface area (TPSA) is 47.8 Å². The normalized spacial score (nSPS) is 12.6. The molecule has 2 aromatic heterocycles. The van der Waals surface area contributed by atoms with Gasteiger partial charge in [-0.1, -0.05) is 11.6 Å². The molecule has 2 heterocycles. The number of halogens is 8. The second-order valence-electron chi connectivity index (χ2n) is 5.28. The lowest BCUT2D eigenvalue weighted by molar-refractivity contribution is -0.137. The van der Waals surface area contributed by atoms with Gasteiger partial charge in [-0.3, -0.25) is 4.79 Å². The van der Waals surface area contributed by atoms with Gasteiger partial charge in [0.2, 0.25) is 0 Å². The van der Waals surface area contributed by atoms with Crippen LogP contribution in [0.4, 0.5) is 30.7 Å². The number of nitrogens with zero attached hydrogens (tertiary/aromatic N) is 3. The zero-order valence-corrected chi connectivity index (χ0v) is 13.4. The number of carbonyl (C=O) groups is 1. The van der Waals surface area contributed by atoms with E-state index in [-0.39, 0.29) is 10.9 Å². The fraction of sp³-hybridized carbons (Fsp3) is 0.133. The van der Waals surface area contributed by atoms with Crippen molar-refractivity contribution in [3.05, 3.63) is 52.6 Å². The lowest BCUT2D eigenvalue weighted by atomic mass is 10.1. The minimum absolute atomic E-state index is 0.322.